The normalized spacial score (nSPS) is 16.0. The highest BCUT2D eigenvalue weighted by Crippen LogP contribution is 2.66. The van der Waals surface area contributed by atoms with Crippen molar-refractivity contribution >= 4 is 27.8 Å². The van der Waals surface area contributed by atoms with E-state index in [1.165, 1.54) is 60.8 Å². The van der Waals surface area contributed by atoms with Crippen molar-refractivity contribution < 1.29 is 4.74 Å². The predicted molar refractivity (Wildman–Crippen MR) is 235 cm³/mol. The van der Waals surface area contributed by atoms with E-state index >= 15 is 0 Å². The minimum absolute atomic E-state index is 0.0925. The summed E-state index contributed by atoms with van der Waals surface area (Å²) in [5.41, 5.74) is 14.1. The second kappa shape index (κ2) is 13.5. The van der Waals surface area contributed by atoms with Gasteiger partial charge in [0, 0.05) is 28.5 Å². The Morgan fingerprint density at radius 1 is 0.368 bits per heavy atom. The first-order chi connectivity index (χ1) is 28.3. The summed E-state index contributed by atoms with van der Waals surface area (Å²) in [6, 6.07) is 81.6. The lowest BCUT2D eigenvalue weighted by atomic mass is 9.63. The van der Waals surface area contributed by atoms with Crippen molar-refractivity contribution in [1.82, 2.24) is 0 Å². The van der Waals surface area contributed by atoms with E-state index in [9.17, 15) is 0 Å². The Balaban J connectivity index is 1.02. The van der Waals surface area contributed by atoms with Gasteiger partial charge in [-0.1, -0.05) is 176 Å². The molecular formula is C55H39NO. The van der Waals surface area contributed by atoms with Gasteiger partial charge in [0.1, 0.15) is 11.9 Å². The average Bonchev–Trinajstić information content (AvgIpc) is 3.81. The Hall–Kier alpha value is -7.16. The number of hydrogen-bond acceptors (Lipinski definition) is 2. The van der Waals surface area contributed by atoms with Gasteiger partial charge in [-0.25, -0.2) is 0 Å². The van der Waals surface area contributed by atoms with Crippen molar-refractivity contribution in [3.63, 3.8) is 0 Å². The topological polar surface area (TPSA) is 12.5 Å². The number of anilines is 3. The molecule has 9 aromatic carbocycles. The molecule has 0 saturated heterocycles. The van der Waals surface area contributed by atoms with E-state index < -0.39 is 5.41 Å². The summed E-state index contributed by atoms with van der Waals surface area (Å²) < 4.78 is 6.96. The standard InChI is InChI=1S/C55H39NO/c1-4-14-38(15-5-1)40-24-30-46(31-25-40)56(48-34-28-39-16-10-11-17-42(39)36-48)47-32-26-41(27-33-47)43-29-35-51-50(37-43)54-53(49-22-12-13-23-52(49)57-54)55(51,44-18-6-2-7-19-44)45-20-8-3-9-21-45/h1-37,53-54H. The summed E-state index contributed by atoms with van der Waals surface area (Å²) in [4.78, 5) is 2.36. The van der Waals surface area contributed by atoms with Crippen molar-refractivity contribution in [2.24, 2.45) is 0 Å². The molecule has 9 aromatic rings. The molecule has 0 saturated carbocycles. The Morgan fingerprint density at radius 2 is 0.877 bits per heavy atom. The minimum Gasteiger partial charge on any atom is -0.485 e. The van der Waals surface area contributed by atoms with E-state index in [0.29, 0.717) is 0 Å². The maximum atomic E-state index is 6.96. The van der Waals surface area contributed by atoms with Crippen molar-refractivity contribution in [3.05, 3.63) is 252 Å². The number of para-hydroxylation sites is 1. The van der Waals surface area contributed by atoms with Gasteiger partial charge in [-0.3, -0.25) is 0 Å². The molecule has 1 aliphatic heterocycles. The molecule has 0 N–H and O–H groups in total. The molecule has 1 heterocycles. The van der Waals surface area contributed by atoms with Crippen LogP contribution in [0.5, 0.6) is 5.75 Å². The van der Waals surface area contributed by atoms with Gasteiger partial charge in [0.2, 0.25) is 0 Å². The zero-order valence-corrected chi connectivity index (χ0v) is 31.4. The lowest BCUT2D eigenvalue weighted by Gasteiger charge is -2.37. The fourth-order valence-corrected chi connectivity index (χ4v) is 9.66. The Kier molecular flexibility index (Phi) is 7.89. The molecule has 0 amide bonds. The summed E-state index contributed by atoms with van der Waals surface area (Å²) in [6.07, 6.45) is -0.112. The van der Waals surface area contributed by atoms with Crippen LogP contribution < -0.4 is 9.64 Å². The minimum atomic E-state index is -0.409. The number of fused-ring (bicyclic) bond motifs is 6. The molecule has 270 valence electrons. The number of ether oxygens (including phenoxy) is 1. The summed E-state index contributed by atoms with van der Waals surface area (Å²) in [7, 11) is 0. The number of benzene rings is 9. The van der Waals surface area contributed by atoms with Gasteiger partial charge in [-0.15, -0.1) is 0 Å². The number of nitrogens with zero attached hydrogens (tertiary/aromatic N) is 1. The molecule has 0 aromatic heterocycles. The average molecular weight is 730 g/mol. The van der Waals surface area contributed by atoms with Crippen LogP contribution in [0.25, 0.3) is 33.0 Å². The number of hydrogen-bond donors (Lipinski definition) is 0. The van der Waals surface area contributed by atoms with Crippen LogP contribution in [0.15, 0.2) is 224 Å². The maximum Gasteiger partial charge on any atom is 0.133 e. The van der Waals surface area contributed by atoms with Crippen LogP contribution in [0.4, 0.5) is 17.1 Å². The quantitative estimate of drug-likeness (QED) is 0.162. The van der Waals surface area contributed by atoms with Crippen LogP contribution in [-0.2, 0) is 5.41 Å². The van der Waals surface area contributed by atoms with Gasteiger partial charge in [-0.2, -0.15) is 0 Å². The van der Waals surface area contributed by atoms with Crippen LogP contribution in [0.2, 0.25) is 0 Å². The highest BCUT2D eigenvalue weighted by molar-refractivity contribution is 5.90. The second-order valence-electron chi connectivity index (χ2n) is 15.2. The Bertz CT molecular complexity index is 2830. The summed E-state index contributed by atoms with van der Waals surface area (Å²) in [5.74, 6) is 1.07. The van der Waals surface area contributed by atoms with Crippen molar-refractivity contribution in [1.29, 1.82) is 0 Å². The van der Waals surface area contributed by atoms with E-state index in [-0.39, 0.29) is 12.0 Å². The largest absolute Gasteiger partial charge is 0.485 e. The van der Waals surface area contributed by atoms with Gasteiger partial charge in [0.25, 0.3) is 0 Å². The molecule has 1 aliphatic carbocycles. The molecular weight excluding hydrogens is 691 g/mol. The second-order valence-corrected chi connectivity index (χ2v) is 15.2. The van der Waals surface area contributed by atoms with Crippen molar-refractivity contribution in [2.75, 3.05) is 4.90 Å². The molecule has 0 radical (unpaired) electrons. The van der Waals surface area contributed by atoms with E-state index in [0.717, 1.165) is 22.8 Å². The van der Waals surface area contributed by atoms with Gasteiger partial charge < -0.3 is 9.64 Å². The third-order valence-corrected chi connectivity index (χ3v) is 12.2. The lowest BCUT2D eigenvalue weighted by Crippen LogP contribution is -2.33. The zero-order valence-electron chi connectivity index (χ0n) is 31.4. The molecule has 2 atom stereocenters. The van der Waals surface area contributed by atoms with Crippen LogP contribution >= 0.6 is 0 Å². The Labute approximate surface area is 333 Å². The highest BCUT2D eigenvalue weighted by Gasteiger charge is 2.59. The van der Waals surface area contributed by atoms with E-state index in [1.54, 1.807) is 0 Å². The van der Waals surface area contributed by atoms with Gasteiger partial charge in [0.05, 0.1) is 5.41 Å². The van der Waals surface area contributed by atoms with Crippen molar-refractivity contribution in [3.8, 4) is 28.0 Å². The zero-order chi connectivity index (χ0) is 37.8. The fraction of sp³-hybridized carbons (Fsp3) is 0.0545. The number of rotatable bonds is 7. The first-order valence-corrected chi connectivity index (χ1v) is 19.8. The van der Waals surface area contributed by atoms with Gasteiger partial charge >= 0.3 is 0 Å². The molecule has 0 fully saturated rings. The SMILES string of the molecule is c1ccc(-c2ccc(N(c3ccc(-c4ccc5c(c4)C4Oc6ccccc6C4C5(c4ccccc4)c4ccccc4)cc3)c3ccc4ccccc4c3)cc2)cc1. The van der Waals surface area contributed by atoms with Crippen LogP contribution in [0.3, 0.4) is 0 Å². The molecule has 2 unspecified atom stereocenters. The third kappa shape index (κ3) is 5.40. The molecule has 2 nitrogen and oxygen atoms in total. The molecule has 0 spiro atoms. The summed E-state index contributed by atoms with van der Waals surface area (Å²) >= 11 is 0. The predicted octanol–water partition coefficient (Wildman–Crippen LogP) is 14.2. The van der Waals surface area contributed by atoms with E-state index in [4.69, 9.17) is 4.74 Å². The van der Waals surface area contributed by atoms with Crippen molar-refractivity contribution in [2.45, 2.75) is 17.4 Å². The van der Waals surface area contributed by atoms with Crippen LogP contribution in [-0.4, -0.2) is 0 Å². The molecule has 2 aliphatic rings. The molecule has 0 bridgehead atoms. The first kappa shape index (κ1) is 33.2. The van der Waals surface area contributed by atoms with Crippen LogP contribution in [0, 0.1) is 0 Å². The summed E-state index contributed by atoms with van der Waals surface area (Å²) in [6.45, 7) is 0. The lowest BCUT2D eigenvalue weighted by molar-refractivity contribution is 0.207. The van der Waals surface area contributed by atoms with Crippen LogP contribution in [0.1, 0.15) is 39.8 Å². The molecule has 11 rings (SSSR count). The highest BCUT2D eigenvalue weighted by atomic mass is 16.5. The Morgan fingerprint density at radius 3 is 1.54 bits per heavy atom. The van der Waals surface area contributed by atoms with Gasteiger partial charge in [-0.05, 0) is 104 Å². The monoisotopic (exact) mass is 729 g/mol. The van der Waals surface area contributed by atoms with E-state index in [2.05, 4.69) is 229 Å². The smallest absolute Gasteiger partial charge is 0.133 e. The van der Waals surface area contributed by atoms with Gasteiger partial charge in [0.15, 0.2) is 0 Å². The fourth-order valence-electron chi connectivity index (χ4n) is 9.66. The third-order valence-electron chi connectivity index (χ3n) is 12.2. The maximum absolute atomic E-state index is 6.96. The summed E-state index contributed by atoms with van der Waals surface area (Å²) in [5, 5.41) is 2.44. The van der Waals surface area contributed by atoms with E-state index in [1.807, 2.05) is 0 Å². The first-order valence-electron chi connectivity index (χ1n) is 19.8. The molecule has 2 heteroatoms. The molecule has 57 heavy (non-hydrogen) atoms.